The highest BCUT2D eigenvalue weighted by molar-refractivity contribution is 6.29. The normalized spacial score (nSPS) is 22.2. The van der Waals surface area contributed by atoms with Gasteiger partial charge in [-0.1, -0.05) is 69.7 Å². The molecule has 0 radical (unpaired) electrons. The molecule has 1 aliphatic rings. The molecule has 1 amide bonds. The molecule has 0 fully saturated rings. The number of hydrogen-bond acceptors (Lipinski definition) is 2. The van der Waals surface area contributed by atoms with Gasteiger partial charge in [0.2, 0.25) is 0 Å². The van der Waals surface area contributed by atoms with Crippen molar-refractivity contribution >= 4 is 23.7 Å². The van der Waals surface area contributed by atoms with E-state index < -0.39 is 0 Å². The van der Waals surface area contributed by atoms with Crippen LogP contribution in [0, 0.1) is 17.3 Å². The lowest BCUT2D eigenvalue weighted by atomic mass is 9.72. The predicted molar refractivity (Wildman–Crippen MR) is 118 cm³/mol. The summed E-state index contributed by atoms with van der Waals surface area (Å²) in [4.78, 5) is 16.9. The fraction of sp³-hybridized carbons (Fsp3) is 0.478. The zero-order valence-corrected chi connectivity index (χ0v) is 18.4. The van der Waals surface area contributed by atoms with Gasteiger partial charge in [0, 0.05) is 23.4 Å². The van der Waals surface area contributed by atoms with Gasteiger partial charge in [0.1, 0.15) is 5.70 Å². The van der Waals surface area contributed by atoms with Crippen molar-refractivity contribution in [3.63, 3.8) is 0 Å². The summed E-state index contributed by atoms with van der Waals surface area (Å²) < 4.78 is 0. The van der Waals surface area contributed by atoms with E-state index in [2.05, 4.69) is 50.2 Å². The molecule has 0 aromatic heterocycles. The Morgan fingerprint density at radius 3 is 2.48 bits per heavy atom. The second kappa shape index (κ2) is 10.5. The van der Waals surface area contributed by atoms with Crippen LogP contribution < -0.4 is 5.32 Å². The molecule has 1 aliphatic carbocycles. The summed E-state index contributed by atoms with van der Waals surface area (Å²) >= 11 is 6.08. The molecule has 0 saturated carbocycles. The number of allylic oxidation sites excluding steroid dienone is 8. The van der Waals surface area contributed by atoms with Gasteiger partial charge in [-0.3, -0.25) is 9.79 Å². The molecule has 1 N–H and O–H groups in total. The molecule has 0 aromatic carbocycles. The molecule has 3 nitrogen and oxygen atoms in total. The third-order valence-electron chi connectivity index (χ3n) is 4.61. The van der Waals surface area contributed by atoms with Crippen LogP contribution in [0.15, 0.2) is 63.4 Å². The van der Waals surface area contributed by atoms with Crippen molar-refractivity contribution in [1.29, 1.82) is 0 Å². The van der Waals surface area contributed by atoms with Crippen LogP contribution in [0.1, 0.15) is 54.9 Å². The van der Waals surface area contributed by atoms with E-state index in [0.29, 0.717) is 24.0 Å². The van der Waals surface area contributed by atoms with E-state index in [1.807, 2.05) is 39.0 Å². The molecule has 148 valence electrons. The fourth-order valence-electron chi connectivity index (χ4n) is 3.21. The highest BCUT2D eigenvalue weighted by atomic mass is 35.5. The summed E-state index contributed by atoms with van der Waals surface area (Å²) in [5.41, 5.74) is 2.40. The largest absolute Gasteiger partial charge is 0.321 e. The number of carbonyl (C=O) groups excluding carboxylic acids is 1. The van der Waals surface area contributed by atoms with E-state index in [1.165, 1.54) is 0 Å². The van der Waals surface area contributed by atoms with Crippen LogP contribution in [-0.4, -0.2) is 12.1 Å². The number of amides is 1. The minimum Gasteiger partial charge on any atom is -0.321 e. The maximum absolute atomic E-state index is 12.5. The molecular formula is C23H33ClN2O. The quantitative estimate of drug-likeness (QED) is 0.323. The Balaban J connectivity index is 2.77. The first-order chi connectivity index (χ1) is 12.6. The summed E-state index contributed by atoms with van der Waals surface area (Å²) in [7, 11) is 0. The molecule has 2 atom stereocenters. The van der Waals surface area contributed by atoms with E-state index in [0.717, 1.165) is 16.3 Å². The highest BCUT2D eigenvalue weighted by Crippen LogP contribution is 2.36. The summed E-state index contributed by atoms with van der Waals surface area (Å²) in [5, 5.41) is 3.69. The van der Waals surface area contributed by atoms with Crippen LogP contribution in [0.4, 0.5) is 0 Å². The lowest BCUT2D eigenvalue weighted by molar-refractivity contribution is -0.116. The van der Waals surface area contributed by atoms with E-state index in [9.17, 15) is 4.79 Å². The average molecular weight is 389 g/mol. The zero-order chi connectivity index (χ0) is 20.6. The second-order valence-electron chi connectivity index (χ2n) is 7.93. The molecular weight excluding hydrogens is 356 g/mol. The summed E-state index contributed by atoms with van der Waals surface area (Å²) in [6, 6.07) is 0. The fourth-order valence-corrected chi connectivity index (χ4v) is 3.35. The van der Waals surface area contributed by atoms with Gasteiger partial charge < -0.3 is 5.32 Å². The van der Waals surface area contributed by atoms with Gasteiger partial charge in [-0.15, -0.1) is 0 Å². The topological polar surface area (TPSA) is 41.5 Å². The van der Waals surface area contributed by atoms with E-state index in [-0.39, 0.29) is 11.3 Å². The molecule has 4 heteroatoms. The average Bonchev–Trinajstić information content (AvgIpc) is 2.56. The monoisotopic (exact) mass is 388 g/mol. The molecule has 0 bridgehead atoms. The van der Waals surface area contributed by atoms with E-state index in [4.69, 9.17) is 11.6 Å². The second-order valence-corrected chi connectivity index (χ2v) is 8.50. The van der Waals surface area contributed by atoms with Crippen molar-refractivity contribution in [3.8, 4) is 0 Å². The molecule has 0 aliphatic heterocycles. The minimum absolute atomic E-state index is 0.194. The van der Waals surface area contributed by atoms with Crippen molar-refractivity contribution in [2.75, 3.05) is 0 Å². The number of nitrogens with one attached hydrogen (secondary N) is 1. The van der Waals surface area contributed by atoms with Crippen molar-refractivity contribution in [1.82, 2.24) is 5.32 Å². The van der Waals surface area contributed by atoms with Gasteiger partial charge >= 0.3 is 0 Å². The first-order valence-corrected chi connectivity index (χ1v) is 9.86. The lowest BCUT2D eigenvalue weighted by Gasteiger charge is -2.34. The maximum atomic E-state index is 12.5. The van der Waals surface area contributed by atoms with Crippen LogP contribution in [0.2, 0.25) is 0 Å². The van der Waals surface area contributed by atoms with Crippen molar-refractivity contribution in [2.24, 2.45) is 22.2 Å². The first kappa shape index (κ1) is 23.2. The lowest BCUT2D eigenvalue weighted by Crippen LogP contribution is -2.30. The smallest absolute Gasteiger partial charge is 0.273 e. The molecule has 2 unspecified atom stereocenters. The third-order valence-corrected chi connectivity index (χ3v) is 4.85. The number of nitrogens with zero attached hydrogens (tertiary/aromatic N) is 1. The van der Waals surface area contributed by atoms with Crippen LogP contribution in [0.3, 0.4) is 0 Å². The Labute approximate surface area is 169 Å². The molecule has 1 rings (SSSR count). The Kier molecular flexibility index (Phi) is 8.98. The standard InChI is InChI=1S/C23H33ClN2O/c1-8-10-18(17(4)24)13-14-25-21(9-2)22(27)26-19-11-12-20(16(3)15-19)23(5,6)7/h8-12,14-16,20H,13H2,1-7H3,(H,26,27)/b10-8-,18-17-,21-9-,25-14?. The number of hydrogen-bond donors (Lipinski definition) is 1. The first-order valence-electron chi connectivity index (χ1n) is 9.48. The molecule has 0 spiro atoms. The summed E-state index contributed by atoms with van der Waals surface area (Å²) in [5.74, 6) is 0.612. The van der Waals surface area contributed by atoms with Crippen molar-refractivity contribution in [3.05, 3.63) is 58.5 Å². The predicted octanol–water partition coefficient (Wildman–Crippen LogP) is 6.31. The number of rotatable bonds is 6. The van der Waals surface area contributed by atoms with E-state index in [1.54, 1.807) is 12.3 Å². The van der Waals surface area contributed by atoms with Crippen LogP contribution in [0.5, 0.6) is 0 Å². The molecule has 0 heterocycles. The Hall–Kier alpha value is -1.87. The third kappa shape index (κ3) is 7.34. The van der Waals surface area contributed by atoms with Crippen LogP contribution in [0.25, 0.3) is 0 Å². The molecule has 27 heavy (non-hydrogen) atoms. The maximum Gasteiger partial charge on any atom is 0.273 e. The van der Waals surface area contributed by atoms with Gasteiger partial charge in [-0.25, -0.2) is 0 Å². The molecule has 0 aromatic rings. The Morgan fingerprint density at radius 2 is 2.00 bits per heavy atom. The van der Waals surface area contributed by atoms with Gasteiger partial charge in [-0.05, 0) is 49.7 Å². The van der Waals surface area contributed by atoms with Crippen LogP contribution >= 0.6 is 11.6 Å². The van der Waals surface area contributed by atoms with Crippen LogP contribution in [-0.2, 0) is 4.79 Å². The minimum atomic E-state index is -0.204. The Bertz CT molecular complexity index is 711. The molecule has 0 saturated heterocycles. The van der Waals surface area contributed by atoms with Crippen molar-refractivity contribution in [2.45, 2.75) is 54.9 Å². The summed E-state index contributed by atoms with van der Waals surface area (Å²) in [6.07, 6.45) is 14.2. The number of carbonyl (C=O) groups is 1. The highest BCUT2D eigenvalue weighted by Gasteiger charge is 2.28. The number of halogens is 1. The Morgan fingerprint density at radius 1 is 1.33 bits per heavy atom. The van der Waals surface area contributed by atoms with E-state index >= 15 is 0 Å². The summed E-state index contributed by atoms with van der Waals surface area (Å²) in [6.45, 7) is 14.5. The van der Waals surface area contributed by atoms with Gasteiger partial charge in [0.15, 0.2) is 0 Å². The van der Waals surface area contributed by atoms with Crippen molar-refractivity contribution < 1.29 is 4.79 Å². The van der Waals surface area contributed by atoms with Gasteiger partial charge in [0.25, 0.3) is 5.91 Å². The van der Waals surface area contributed by atoms with Gasteiger partial charge in [0.05, 0.1) is 0 Å². The number of aliphatic imine (C=N–C) groups is 1. The SMILES string of the molecule is C/C=C\C(CC=N/C(=C\C)C(=O)NC1=CC(C)C(C(C)(C)C)C=C1)=C(/C)Cl. The van der Waals surface area contributed by atoms with Gasteiger partial charge in [-0.2, -0.15) is 0 Å². The zero-order valence-electron chi connectivity index (χ0n) is 17.6.